The van der Waals surface area contributed by atoms with E-state index in [2.05, 4.69) is 15.2 Å². The number of carboxylic acids is 1. The highest BCUT2D eigenvalue weighted by Crippen LogP contribution is 2.21. The number of guanidine groups is 1. The van der Waals surface area contributed by atoms with Gasteiger partial charge in [-0.3, -0.25) is 10.1 Å². The van der Waals surface area contributed by atoms with E-state index in [1.807, 2.05) is 0 Å². The second-order valence-corrected chi connectivity index (χ2v) is 2.07. The number of aliphatic carboxylic acids is 1. The smallest absolute Gasteiger partial charge is 0.471 e. The van der Waals surface area contributed by atoms with E-state index in [9.17, 15) is 25.0 Å². The first-order chi connectivity index (χ1) is 6.40. The molecule has 0 radical (unpaired) electrons. The minimum Gasteiger partial charge on any atom is -0.471 e. The Kier molecular flexibility index (Phi) is 3.09. The Morgan fingerprint density at radius 2 is 1.93 bits per heavy atom. The van der Waals surface area contributed by atoms with Crippen molar-refractivity contribution in [2.45, 2.75) is 5.79 Å². The molecular weight excluding hydrogens is 216 g/mol. The van der Waals surface area contributed by atoms with Gasteiger partial charge < -0.3 is 21.4 Å². The first kappa shape index (κ1) is 12.5. The van der Waals surface area contributed by atoms with Crippen LogP contribution in [0, 0.1) is 20.2 Å². The fraction of sp³-hybridized carbons (Fsp3) is 0.333. The van der Waals surface area contributed by atoms with Crippen LogP contribution in [0.2, 0.25) is 0 Å². The second-order valence-electron chi connectivity index (χ2n) is 2.07. The molecule has 0 amide bonds. The van der Waals surface area contributed by atoms with Crippen LogP contribution in [0.1, 0.15) is 0 Å². The van der Waals surface area contributed by atoms with Crippen LogP contribution < -0.4 is 6.15 Å². The molecule has 82 valence electrons. The van der Waals surface area contributed by atoms with E-state index < -0.39 is 27.6 Å². The summed E-state index contributed by atoms with van der Waals surface area (Å²) in [4.78, 5) is 30.9. The van der Waals surface area contributed by atoms with Gasteiger partial charge in [-0.2, -0.15) is 0 Å². The lowest BCUT2D eigenvalue weighted by Crippen LogP contribution is -2.41. The van der Waals surface area contributed by atoms with E-state index in [1.54, 1.807) is 0 Å². The average molecular weight is 220 g/mol. The zero-order valence-electron chi connectivity index (χ0n) is 6.93. The van der Waals surface area contributed by atoms with E-state index in [0.717, 1.165) is 0 Å². The molecular formula is C3H4N6O6. The van der Waals surface area contributed by atoms with Crippen molar-refractivity contribution in [2.24, 2.45) is 15.2 Å². The summed E-state index contributed by atoms with van der Waals surface area (Å²) < 4.78 is 0. The molecule has 0 fully saturated rings. The maximum Gasteiger partial charge on any atom is 0.596 e. The van der Waals surface area contributed by atoms with Crippen molar-refractivity contribution in [1.82, 2.24) is 6.15 Å². The number of aliphatic imine (C=N–C) groups is 1. The van der Waals surface area contributed by atoms with Crippen LogP contribution in [0.15, 0.2) is 15.2 Å². The zero-order valence-corrected chi connectivity index (χ0v) is 6.93. The monoisotopic (exact) mass is 220 g/mol. The molecule has 15 heavy (non-hydrogen) atoms. The first-order valence-corrected chi connectivity index (χ1v) is 2.95. The second kappa shape index (κ2) is 3.70. The van der Waals surface area contributed by atoms with E-state index in [4.69, 9.17) is 5.11 Å². The molecule has 1 aliphatic heterocycles. The standard InChI is InChI=1S/C3HN5O6.H3N/c9-1(10)3(8(13)14)4-2(5-6-3)7(11)12;/h(H,9,10);1H3. The molecule has 1 heterocycles. The predicted octanol–water partition coefficient (Wildman–Crippen LogP) is -0.738. The van der Waals surface area contributed by atoms with Gasteiger partial charge in [-0.15, -0.1) is 0 Å². The Hall–Kier alpha value is -2.50. The van der Waals surface area contributed by atoms with Crippen LogP contribution in [-0.2, 0) is 4.79 Å². The Balaban J connectivity index is 0.00000196. The minimum absolute atomic E-state index is 0. The minimum atomic E-state index is -3.11. The Bertz CT molecular complexity index is 370. The average Bonchev–Trinajstić information content (AvgIpc) is 2.48. The SMILES string of the molecule is N.O=C(O)C1([N+](=O)[O-])N=NC([N+](=O)[O-])=N1. The molecule has 0 saturated carbocycles. The fourth-order valence-corrected chi connectivity index (χ4v) is 0.622. The van der Waals surface area contributed by atoms with Gasteiger partial charge in [0.25, 0.3) is 0 Å². The summed E-state index contributed by atoms with van der Waals surface area (Å²) in [6.45, 7) is 0. The highest BCUT2D eigenvalue weighted by atomic mass is 16.6. The molecule has 0 aliphatic carbocycles. The van der Waals surface area contributed by atoms with Crippen LogP contribution in [0.4, 0.5) is 0 Å². The first-order valence-electron chi connectivity index (χ1n) is 2.95. The molecule has 1 rings (SSSR count). The molecule has 12 heteroatoms. The molecule has 4 N–H and O–H groups in total. The van der Waals surface area contributed by atoms with Crippen LogP contribution >= 0.6 is 0 Å². The summed E-state index contributed by atoms with van der Waals surface area (Å²) in [7, 11) is 0. The van der Waals surface area contributed by atoms with Gasteiger partial charge in [0.05, 0.1) is 5.11 Å². The summed E-state index contributed by atoms with van der Waals surface area (Å²) in [6.07, 6.45) is 0. The van der Waals surface area contributed by atoms with Crippen molar-refractivity contribution in [3.63, 3.8) is 0 Å². The summed E-state index contributed by atoms with van der Waals surface area (Å²) in [5, 5.41) is 34.1. The van der Waals surface area contributed by atoms with Gasteiger partial charge >= 0.3 is 17.7 Å². The molecule has 0 saturated heterocycles. The number of nitrogens with zero attached hydrogens (tertiary/aromatic N) is 5. The Morgan fingerprint density at radius 1 is 1.40 bits per heavy atom. The number of nitro groups is 2. The van der Waals surface area contributed by atoms with Gasteiger partial charge in [-0.1, -0.05) is 0 Å². The lowest BCUT2D eigenvalue weighted by molar-refractivity contribution is -0.551. The molecule has 0 spiro atoms. The summed E-state index contributed by atoms with van der Waals surface area (Å²) in [5.74, 6) is -6.35. The number of hydrogen-bond donors (Lipinski definition) is 2. The predicted molar refractivity (Wildman–Crippen MR) is 41.7 cm³/mol. The third kappa shape index (κ3) is 1.73. The lowest BCUT2D eigenvalue weighted by atomic mass is 10.4. The van der Waals surface area contributed by atoms with Gasteiger partial charge in [0.15, 0.2) is 0 Å². The molecule has 1 unspecified atom stereocenters. The van der Waals surface area contributed by atoms with Crippen LogP contribution in [0.5, 0.6) is 0 Å². The van der Waals surface area contributed by atoms with Gasteiger partial charge in [-0.05, 0) is 4.92 Å². The third-order valence-corrected chi connectivity index (χ3v) is 1.24. The van der Waals surface area contributed by atoms with Crippen molar-refractivity contribution >= 4 is 11.9 Å². The summed E-state index contributed by atoms with van der Waals surface area (Å²) in [6, 6.07) is 0. The van der Waals surface area contributed by atoms with Crippen LogP contribution in [0.25, 0.3) is 0 Å². The van der Waals surface area contributed by atoms with Gasteiger partial charge in [0.1, 0.15) is 4.92 Å². The highest BCUT2D eigenvalue weighted by molar-refractivity contribution is 5.83. The zero-order chi connectivity index (χ0) is 10.9. The van der Waals surface area contributed by atoms with Gasteiger partial charge in [-0.25, -0.2) is 4.79 Å². The van der Waals surface area contributed by atoms with E-state index in [-0.39, 0.29) is 6.15 Å². The normalized spacial score (nSPS) is 22.8. The van der Waals surface area contributed by atoms with Crippen LogP contribution in [-0.4, -0.2) is 32.7 Å². The molecule has 1 atom stereocenters. The van der Waals surface area contributed by atoms with E-state index in [1.165, 1.54) is 0 Å². The Morgan fingerprint density at radius 3 is 2.13 bits per heavy atom. The topological polar surface area (TPSA) is 196 Å². The number of rotatable bonds is 2. The number of carbonyl (C=O) groups is 1. The quantitative estimate of drug-likeness (QED) is 0.450. The third-order valence-electron chi connectivity index (χ3n) is 1.24. The Labute approximate surface area is 80.2 Å². The van der Waals surface area contributed by atoms with Crippen molar-refractivity contribution in [2.75, 3.05) is 0 Å². The molecule has 1 aliphatic rings. The van der Waals surface area contributed by atoms with E-state index in [0.29, 0.717) is 0 Å². The number of azo groups is 1. The number of carboxylic acid groups (broad SMARTS) is 1. The molecule has 0 bridgehead atoms. The van der Waals surface area contributed by atoms with Crippen molar-refractivity contribution < 1.29 is 19.7 Å². The van der Waals surface area contributed by atoms with E-state index >= 15 is 0 Å². The van der Waals surface area contributed by atoms with Crippen molar-refractivity contribution in [3.05, 3.63) is 20.2 Å². The maximum atomic E-state index is 10.4. The molecule has 0 aromatic heterocycles. The summed E-state index contributed by atoms with van der Waals surface area (Å²) >= 11 is 0. The lowest BCUT2D eigenvalue weighted by Gasteiger charge is -1.99. The van der Waals surface area contributed by atoms with Gasteiger partial charge in [0.2, 0.25) is 0 Å². The maximum absolute atomic E-state index is 10.4. The van der Waals surface area contributed by atoms with Crippen LogP contribution in [0.3, 0.4) is 0 Å². The molecule has 12 nitrogen and oxygen atoms in total. The van der Waals surface area contributed by atoms with Gasteiger partial charge in [0, 0.05) is 10.1 Å². The van der Waals surface area contributed by atoms with Crippen molar-refractivity contribution in [3.8, 4) is 0 Å². The summed E-state index contributed by atoms with van der Waals surface area (Å²) in [5.41, 5.74) is 0. The largest absolute Gasteiger partial charge is 0.596 e. The van der Waals surface area contributed by atoms with Crippen molar-refractivity contribution in [1.29, 1.82) is 0 Å². The highest BCUT2D eigenvalue weighted by Gasteiger charge is 2.63. The molecule has 0 aromatic carbocycles. The fourth-order valence-electron chi connectivity index (χ4n) is 0.622. The number of hydrogen-bond acceptors (Lipinski definition) is 9. The molecule has 0 aromatic rings.